The van der Waals surface area contributed by atoms with Crippen LogP contribution in [-0.2, 0) is 4.74 Å². The molecule has 0 aliphatic heterocycles. The molecule has 2 N–H and O–H groups in total. The topological polar surface area (TPSA) is 44.7 Å². The summed E-state index contributed by atoms with van der Waals surface area (Å²) in [5, 5.41) is 13.2. The molecule has 0 saturated heterocycles. The zero-order valence-electron chi connectivity index (χ0n) is 14.2. The zero-order chi connectivity index (χ0) is 15.4. The lowest BCUT2D eigenvalue weighted by Crippen LogP contribution is -2.42. The van der Waals surface area contributed by atoms with Crippen molar-refractivity contribution in [2.45, 2.75) is 59.6 Å². The van der Waals surface area contributed by atoms with Gasteiger partial charge in [-0.2, -0.15) is 0 Å². The van der Waals surface area contributed by atoms with Crippen molar-refractivity contribution in [3.8, 4) is 0 Å². The summed E-state index contributed by atoms with van der Waals surface area (Å²) in [7, 11) is 0. The number of aliphatic hydroxyl groups is 1. The van der Waals surface area contributed by atoms with E-state index in [0.29, 0.717) is 19.2 Å². The first-order valence-electron chi connectivity index (χ1n) is 8.21. The maximum Gasteiger partial charge on any atom is 0.0897 e. The fourth-order valence-electron chi connectivity index (χ4n) is 2.14. The van der Waals surface area contributed by atoms with Crippen LogP contribution in [0.1, 0.15) is 47.5 Å². The Kier molecular flexibility index (Phi) is 12.5. The van der Waals surface area contributed by atoms with Crippen LogP contribution < -0.4 is 5.32 Å². The van der Waals surface area contributed by atoms with Crippen LogP contribution in [0.3, 0.4) is 0 Å². The van der Waals surface area contributed by atoms with Crippen molar-refractivity contribution in [3.05, 3.63) is 0 Å². The summed E-state index contributed by atoms with van der Waals surface area (Å²) in [6.07, 6.45) is 1.86. The lowest BCUT2D eigenvalue weighted by Gasteiger charge is -2.24. The minimum Gasteiger partial charge on any atom is -0.389 e. The second kappa shape index (κ2) is 12.6. The predicted octanol–water partition coefficient (Wildman–Crippen LogP) is 2.12. The molecule has 0 heterocycles. The Balaban J connectivity index is 3.54. The number of rotatable bonds is 13. The molecule has 2 unspecified atom stereocenters. The summed E-state index contributed by atoms with van der Waals surface area (Å²) in [5.41, 5.74) is 0. The average molecular weight is 288 g/mol. The summed E-state index contributed by atoms with van der Waals surface area (Å²) in [4.78, 5) is 2.38. The van der Waals surface area contributed by atoms with Gasteiger partial charge in [-0.25, -0.2) is 0 Å². The highest BCUT2D eigenvalue weighted by atomic mass is 16.5. The summed E-state index contributed by atoms with van der Waals surface area (Å²) < 4.78 is 5.50. The normalized spacial score (nSPS) is 15.0. The monoisotopic (exact) mass is 288 g/mol. The minimum absolute atomic E-state index is 0.394. The van der Waals surface area contributed by atoms with E-state index in [0.717, 1.165) is 38.6 Å². The Morgan fingerprint density at radius 3 is 2.35 bits per heavy atom. The van der Waals surface area contributed by atoms with E-state index in [1.807, 2.05) is 0 Å². The summed E-state index contributed by atoms with van der Waals surface area (Å²) in [5.74, 6) is 0.728. The number of ether oxygens (including phenoxy) is 1. The third kappa shape index (κ3) is 11.6. The Morgan fingerprint density at radius 2 is 1.80 bits per heavy atom. The molecule has 0 saturated carbocycles. The van der Waals surface area contributed by atoms with E-state index in [-0.39, 0.29) is 0 Å². The molecule has 0 aromatic rings. The highest BCUT2D eigenvalue weighted by Crippen LogP contribution is 2.03. The van der Waals surface area contributed by atoms with Crippen LogP contribution >= 0.6 is 0 Å². The van der Waals surface area contributed by atoms with Crippen LogP contribution in [0.4, 0.5) is 0 Å². The first-order chi connectivity index (χ1) is 9.49. The van der Waals surface area contributed by atoms with E-state index in [4.69, 9.17) is 4.74 Å². The van der Waals surface area contributed by atoms with Crippen molar-refractivity contribution < 1.29 is 9.84 Å². The van der Waals surface area contributed by atoms with Gasteiger partial charge in [0.1, 0.15) is 0 Å². The van der Waals surface area contributed by atoms with Gasteiger partial charge in [0.2, 0.25) is 0 Å². The molecule has 0 fully saturated rings. The van der Waals surface area contributed by atoms with Crippen LogP contribution in [0.25, 0.3) is 0 Å². The van der Waals surface area contributed by atoms with Crippen LogP contribution in [0.15, 0.2) is 0 Å². The number of hydrogen-bond acceptors (Lipinski definition) is 4. The molecule has 0 aliphatic rings. The van der Waals surface area contributed by atoms with Gasteiger partial charge in [0.15, 0.2) is 0 Å². The lowest BCUT2D eigenvalue weighted by atomic mass is 10.1. The Labute approximate surface area is 125 Å². The molecule has 0 spiro atoms. The van der Waals surface area contributed by atoms with Crippen LogP contribution in [0.5, 0.6) is 0 Å². The molecule has 4 heteroatoms. The molecule has 0 aromatic heterocycles. The van der Waals surface area contributed by atoms with Gasteiger partial charge >= 0.3 is 0 Å². The van der Waals surface area contributed by atoms with Crippen molar-refractivity contribution in [1.29, 1.82) is 0 Å². The second-order valence-corrected chi connectivity index (χ2v) is 6.06. The molecule has 2 atom stereocenters. The number of hydrogen-bond donors (Lipinski definition) is 2. The fourth-order valence-corrected chi connectivity index (χ4v) is 2.14. The molecular weight excluding hydrogens is 252 g/mol. The van der Waals surface area contributed by atoms with Gasteiger partial charge in [0.25, 0.3) is 0 Å². The number of nitrogens with one attached hydrogen (secondary N) is 1. The molecule has 0 rings (SSSR count). The van der Waals surface area contributed by atoms with Gasteiger partial charge in [-0.05, 0) is 38.8 Å². The van der Waals surface area contributed by atoms with Gasteiger partial charge < -0.3 is 20.1 Å². The Hall–Kier alpha value is -0.160. The maximum atomic E-state index is 9.85. The highest BCUT2D eigenvalue weighted by Gasteiger charge is 2.09. The van der Waals surface area contributed by atoms with Crippen LogP contribution in [0, 0.1) is 5.92 Å². The quantitative estimate of drug-likeness (QED) is 0.510. The number of aliphatic hydroxyl groups excluding tert-OH is 1. The molecular formula is C16H36N2O2. The first-order valence-corrected chi connectivity index (χ1v) is 8.21. The second-order valence-electron chi connectivity index (χ2n) is 6.06. The summed E-state index contributed by atoms with van der Waals surface area (Å²) in [6.45, 7) is 15.9. The van der Waals surface area contributed by atoms with Crippen molar-refractivity contribution in [2.75, 3.05) is 39.4 Å². The number of likely N-dealkylation sites (N-methyl/N-ethyl adjacent to an activating group) is 1. The van der Waals surface area contributed by atoms with Crippen molar-refractivity contribution in [1.82, 2.24) is 10.2 Å². The predicted molar refractivity (Wildman–Crippen MR) is 86.2 cm³/mol. The fraction of sp³-hybridized carbons (Fsp3) is 1.00. The van der Waals surface area contributed by atoms with Gasteiger partial charge in [-0.1, -0.05) is 27.7 Å². The van der Waals surface area contributed by atoms with Crippen molar-refractivity contribution in [3.63, 3.8) is 0 Å². The standard InChI is InChI=1S/C16H36N2O2/c1-6-18(7-2)12-15(5)17-11-16(19)13-20-10-8-9-14(3)4/h14-17,19H,6-13H2,1-5H3. The molecule has 0 amide bonds. The van der Waals surface area contributed by atoms with Gasteiger partial charge in [-0.3, -0.25) is 0 Å². The van der Waals surface area contributed by atoms with E-state index < -0.39 is 6.10 Å². The van der Waals surface area contributed by atoms with Gasteiger partial charge in [0.05, 0.1) is 12.7 Å². The Bertz CT molecular complexity index is 209. The molecule has 0 bridgehead atoms. The molecule has 0 aliphatic carbocycles. The summed E-state index contributed by atoms with van der Waals surface area (Å²) >= 11 is 0. The van der Waals surface area contributed by atoms with Crippen molar-refractivity contribution in [2.24, 2.45) is 5.92 Å². The van der Waals surface area contributed by atoms with Gasteiger partial charge in [-0.15, -0.1) is 0 Å². The largest absolute Gasteiger partial charge is 0.389 e. The highest BCUT2D eigenvalue weighted by molar-refractivity contribution is 4.69. The molecule has 0 radical (unpaired) electrons. The Morgan fingerprint density at radius 1 is 1.15 bits per heavy atom. The SMILES string of the molecule is CCN(CC)CC(C)NCC(O)COCCCC(C)C. The lowest BCUT2D eigenvalue weighted by molar-refractivity contribution is 0.0332. The number of nitrogens with zero attached hydrogens (tertiary/aromatic N) is 1. The van der Waals surface area contributed by atoms with Crippen LogP contribution in [-0.4, -0.2) is 61.5 Å². The third-order valence-corrected chi connectivity index (χ3v) is 3.51. The molecule has 20 heavy (non-hydrogen) atoms. The molecule has 122 valence electrons. The van der Waals surface area contributed by atoms with E-state index in [1.54, 1.807) is 0 Å². The van der Waals surface area contributed by atoms with E-state index in [1.165, 1.54) is 6.42 Å². The minimum atomic E-state index is -0.409. The van der Waals surface area contributed by atoms with Crippen LogP contribution in [0.2, 0.25) is 0 Å². The first kappa shape index (κ1) is 19.8. The van der Waals surface area contributed by atoms with Gasteiger partial charge in [0, 0.05) is 25.7 Å². The van der Waals surface area contributed by atoms with Crippen molar-refractivity contribution >= 4 is 0 Å². The van der Waals surface area contributed by atoms with E-state index in [2.05, 4.69) is 44.8 Å². The smallest absolute Gasteiger partial charge is 0.0897 e. The molecule has 0 aromatic carbocycles. The van der Waals surface area contributed by atoms with E-state index >= 15 is 0 Å². The van der Waals surface area contributed by atoms with E-state index in [9.17, 15) is 5.11 Å². The average Bonchev–Trinajstić information content (AvgIpc) is 2.41. The maximum absolute atomic E-state index is 9.85. The third-order valence-electron chi connectivity index (χ3n) is 3.51. The zero-order valence-corrected chi connectivity index (χ0v) is 14.2. The molecule has 4 nitrogen and oxygen atoms in total. The summed E-state index contributed by atoms with van der Waals surface area (Å²) in [6, 6.07) is 0.394.